The second-order valence-electron chi connectivity index (χ2n) is 6.70. The molecule has 0 saturated heterocycles. The zero-order chi connectivity index (χ0) is 18.4. The molecule has 1 fully saturated rings. The summed E-state index contributed by atoms with van der Waals surface area (Å²) >= 11 is 0. The van der Waals surface area contributed by atoms with E-state index < -0.39 is 0 Å². The molecule has 4 heteroatoms. The van der Waals surface area contributed by atoms with Crippen molar-refractivity contribution in [1.29, 1.82) is 0 Å². The summed E-state index contributed by atoms with van der Waals surface area (Å²) in [6.45, 7) is 0.668. The molecule has 0 bridgehead atoms. The van der Waals surface area contributed by atoms with Crippen molar-refractivity contribution in [3.8, 4) is 11.5 Å². The van der Waals surface area contributed by atoms with E-state index in [0.717, 1.165) is 18.4 Å². The van der Waals surface area contributed by atoms with E-state index in [1.165, 1.54) is 12.0 Å². The monoisotopic (exact) mass is 351 g/mol. The Balaban J connectivity index is 1.63. The van der Waals surface area contributed by atoms with Crippen LogP contribution in [0.3, 0.4) is 0 Å². The number of hydrogen-bond donors (Lipinski definition) is 1. The standard InChI is InChI=1S/C22H25NO3/c1-25-19-13-17(14-20(15-19)26-2)9-10-21(24)23-16-22(11-6-12-22)18-7-4-3-5-8-18/h3-5,7-10,13-15H,6,11-12,16H2,1-2H3,(H,23,24)/b10-9+. The molecule has 2 aromatic carbocycles. The summed E-state index contributed by atoms with van der Waals surface area (Å²) in [7, 11) is 3.22. The van der Waals surface area contributed by atoms with Crippen molar-refractivity contribution in [1.82, 2.24) is 5.32 Å². The molecule has 0 aliphatic heterocycles. The van der Waals surface area contributed by atoms with Gasteiger partial charge < -0.3 is 14.8 Å². The lowest BCUT2D eigenvalue weighted by atomic mass is 9.64. The molecule has 1 N–H and O–H groups in total. The van der Waals surface area contributed by atoms with E-state index in [9.17, 15) is 4.79 Å². The van der Waals surface area contributed by atoms with Gasteiger partial charge >= 0.3 is 0 Å². The Kier molecular flexibility index (Phi) is 5.61. The third kappa shape index (κ3) is 4.07. The Bertz CT molecular complexity index is 757. The highest BCUT2D eigenvalue weighted by molar-refractivity contribution is 5.91. The number of benzene rings is 2. The molecule has 2 aromatic rings. The lowest BCUT2D eigenvalue weighted by Crippen LogP contribution is -2.45. The lowest BCUT2D eigenvalue weighted by molar-refractivity contribution is -0.116. The first-order valence-corrected chi connectivity index (χ1v) is 8.90. The van der Waals surface area contributed by atoms with Gasteiger partial charge in [-0.05, 0) is 42.2 Å². The van der Waals surface area contributed by atoms with E-state index in [0.29, 0.717) is 18.0 Å². The van der Waals surface area contributed by atoms with Gasteiger partial charge in [0, 0.05) is 24.1 Å². The van der Waals surface area contributed by atoms with Gasteiger partial charge in [-0.25, -0.2) is 0 Å². The van der Waals surface area contributed by atoms with Crippen LogP contribution < -0.4 is 14.8 Å². The fourth-order valence-electron chi connectivity index (χ4n) is 3.38. The predicted octanol–water partition coefficient (Wildman–Crippen LogP) is 3.96. The molecular weight excluding hydrogens is 326 g/mol. The molecular formula is C22H25NO3. The average molecular weight is 351 g/mol. The van der Waals surface area contributed by atoms with Crippen molar-refractivity contribution in [2.24, 2.45) is 0 Å². The highest BCUT2D eigenvalue weighted by atomic mass is 16.5. The fraction of sp³-hybridized carbons (Fsp3) is 0.318. The fourth-order valence-corrected chi connectivity index (χ4v) is 3.38. The quantitative estimate of drug-likeness (QED) is 0.768. The Morgan fingerprint density at radius 2 is 1.73 bits per heavy atom. The van der Waals surface area contributed by atoms with Crippen molar-refractivity contribution >= 4 is 12.0 Å². The number of carbonyl (C=O) groups excluding carboxylic acids is 1. The van der Waals surface area contributed by atoms with Gasteiger partial charge in [0.05, 0.1) is 14.2 Å². The maximum absolute atomic E-state index is 12.3. The number of carbonyl (C=O) groups is 1. The van der Waals surface area contributed by atoms with Crippen LogP contribution in [-0.4, -0.2) is 26.7 Å². The summed E-state index contributed by atoms with van der Waals surface area (Å²) in [4.78, 5) is 12.3. The Morgan fingerprint density at radius 1 is 1.08 bits per heavy atom. The minimum absolute atomic E-state index is 0.0872. The van der Waals surface area contributed by atoms with Crippen LogP contribution in [0.25, 0.3) is 6.08 Å². The van der Waals surface area contributed by atoms with E-state index in [2.05, 4.69) is 29.6 Å². The van der Waals surface area contributed by atoms with Crippen LogP contribution in [0.4, 0.5) is 0 Å². The SMILES string of the molecule is COc1cc(/C=C/C(=O)NCC2(c3ccccc3)CCC2)cc(OC)c1. The highest BCUT2D eigenvalue weighted by Gasteiger charge is 2.38. The van der Waals surface area contributed by atoms with E-state index in [1.54, 1.807) is 32.4 Å². The summed E-state index contributed by atoms with van der Waals surface area (Å²) in [5.41, 5.74) is 2.26. The summed E-state index contributed by atoms with van der Waals surface area (Å²) in [6, 6.07) is 16.0. The van der Waals surface area contributed by atoms with E-state index in [4.69, 9.17) is 9.47 Å². The summed E-state index contributed by atoms with van der Waals surface area (Å²) in [5, 5.41) is 3.06. The van der Waals surface area contributed by atoms with Gasteiger partial charge in [-0.1, -0.05) is 36.8 Å². The molecule has 1 aliphatic carbocycles. The molecule has 0 spiro atoms. The van der Waals surface area contributed by atoms with Crippen LogP contribution in [0, 0.1) is 0 Å². The first-order valence-electron chi connectivity index (χ1n) is 8.90. The van der Waals surface area contributed by atoms with E-state index in [-0.39, 0.29) is 11.3 Å². The van der Waals surface area contributed by atoms with Crippen LogP contribution in [0.15, 0.2) is 54.6 Å². The van der Waals surface area contributed by atoms with Gasteiger partial charge in [0.25, 0.3) is 0 Å². The summed E-state index contributed by atoms with van der Waals surface area (Å²) in [6.07, 6.45) is 6.79. The maximum Gasteiger partial charge on any atom is 0.244 e. The molecule has 3 rings (SSSR count). The molecule has 0 unspecified atom stereocenters. The van der Waals surface area contributed by atoms with E-state index >= 15 is 0 Å². The van der Waals surface area contributed by atoms with Crippen molar-refractivity contribution in [2.45, 2.75) is 24.7 Å². The molecule has 0 atom stereocenters. The second kappa shape index (κ2) is 8.09. The van der Waals surface area contributed by atoms with Gasteiger partial charge in [-0.15, -0.1) is 0 Å². The number of ether oxygens (including phenoxy) is 2. The van der Waals surface area contributed by atoms with Gasteiger partial charge in [-0.2, -0.15) is 0 Å². The molecule has 0 heterocycles. The zero-order valence-corrected chi connectivity index (χ0v) is 15.3. The van der Waals surface area contributed by atoms with Gasteiger partial charge in [0.2, 0.25) is 5.91 Å². The van der Waals surface area contributed by atoms with Crippen LogP contribution in [0.1, 0.15) is 30.4 Å². The largest absolute Gasteiger partial charge is 0.497 e. The Morgan fingerprint density at radius 3 is 2.27 bits per heavy atom. The third-order valence-corrected chi connectivity index (χ3v) is 5.10. The molecule has 1 aliphatic rings. The normalized spacial score (nSPS) is 15.3. The second-order valence-corrected chi connectivity index (χ2v) is 6.70. The van der Waals surface area contributed by atoms with Gasteiger partial charge in [-0.3, -0.25) is 4.79 Å². The minimum atomic E-state index is -0.0889. The summed E-state index contributed by atoms with van der Waals surface area (Å²) < 4.78 is 10.5. The van der Waals surface area contributed by atoms with Crippen molar-refractivity contribution < 1.29 is 14.3 Å². The topological polar surface area (TPSA) is 47.6 Å². The van der Waals surface area contributed by atoms with Crippen LogP contribution in [0.5, 0.6) is 11.5 Å². The van der Waals surface area contributed by atoms with Crippen LogP contribution in [-0.2, 0) is 10.2 Å². The number of nitrogens with one attached hydrogen (secondary N) is 1. The summed E-state index contributed by atoms with van der Waals surface area (Å²) in [5.74, 6) is 1.30. The molecule has 0 radical (unpaired) electrons. The molecule has 136 valence electrons. The Labute approximate surface area is 154 Å². The van der Waals surface area contributed by atoms with Crippen LogP contribution >= 0.6 is 0 Å². The highest BCUT2D eigenvalue weighted by Crippen LogP contribution is 2.43. The number of hydrogen-bond acceptors (Lipinski definition) is 3. The van der Waals surface area contributed by atoms with Crippen molar-refractivity contribution in [3.63, 3.8) is 0 Å². The maximum atomic E-state index is 12.3. The first kappa shape index (κ1) is 18.1. The van der Waals surface area contributed by atoms with Gasteiger partial charge in [0.15, 0.2) is 0 Å². The zero-order valence-electron chi connectivity index (χ0n) is 15.3. The van der Waals surface area contributed by atoms with Crippen LogP contribution in [0.2, 0.25) is 0 Å². The predicted molar refractivity (Wildman–Crippen MR) is 104 cm³/mol. The molecule has 0 aromatic heterocycles. The molecule has 26 heavy (non-hydrogen) atoms. The molecule has 1 saturated carbocycles. The first-order chi connectivity index (χ1) is 12.6. The van der Waals surface area contributed by atoms with E-state index in [1.807, 2.05) is 18.2 Å². The third-order valence-electron chi connectivity index (χ3n) is 5.10. The molecule has 4 nitrogen and oxygen atoms in total. The number of rotatable bonds is 7. The average Bonchev–Trinajstić information content (AvgIpc) is 2.66. The minimum Gasteiger partial charge on any atom is -0.497 e. The number of amides is 1. The molecule has 1 amide bonds. The number of methoxy groups -OCH3 is 2. The smallest absolute Gasteiger partial charge is 0.244 e. The Hall–Kier alpha value is -2.75. The van der Waals surface area contributed by atoms with Crippen molar-refractivity contribution in [3.05, 3.63) is 65.7 Å². The van der Waals surface area contributed by atoms with Crippen molar-refractivity contribution in [2.75, 3.05) is 20.8 Å². The van der Waals surface area contributed by atoms with Gasteiger partial charge in [0.1, 0.15) is 11.5 Å². The lowest BCUT2D eigenvalue weighted by Gasteiger charge is -2.42.